The fourth-order valence-corrected chi connectivity index (χ4v) is 3.20. The highest BCUT2D eigenvalue weighted by Gasteiger charge is 2.38. The third kappa shape index (κ3) is 5.33. The number of anilines is 1. The van der Waals surface area contributed by atoms with E-state index in [1.807, 2.05) is 0 Å². The monoisotopic (exact) mass is 391 g/mol. The van der Waals surface area contributed by atoms with Crippen molar-refractivity contribution in [2.75, 3.05) is 38.2 Å². The van der Waals surface area contributed by atoms with Crippen LogP contribution in [0.5, 0.6) is 5.75 Å². The van der Waals surface area contributed by atoms with E-state index in [9.17, 15) is 9.59 Å². The van der Waals surface area contributed by atoms with Crippen LogP contribution in [0.25, 0.3) is 0 Å². The van der Waals surface area contributed by atoms with Crippen LogP contribution in [-0.2, 0) is 9.59 Å². The van der Waals surface area contributed by atoms with Crippen LogP contribution in [0.1, 0.15) is 20.3 Å². The molecule has 1 aliphatic rings. The number of aliphatic imine (C=N–C) groups is 1. The molecule has 0 saturated carbocycles. The molecule has 1 saturated heterocycles. The summed E-state index contributed by atoms with van der Waals surface area (Å²) in [4.78, 5) is 32.2. The van der Waals surface area contributed by atoms with Crippen molar-refractivity contribution < 1.29 is 19.2 Å². The van der Waals surface area contributed by atoms with Crippen LogP contribution >= 0.6 is 12.2 Å². The summed E-state index contributed by atoms with van der Waals surface area (Å²) in [6, 6.07) is 6.92. The maximum Gasteiger partial charge on any atom is 0.251 e. The largest absolute Gasteiger partial charge is 0.497 e. The first-order valence-corrected chi connectivity index (χ1v) is 9.59. The molecule has 7 nitrogen and oxygen atoms in total. The van der Waals surface area contributed by atoms with Crippen molar-refractivity contribution >= 4 is 41.0 Å². The molecule has 27 heavy (non-hydrogen) atoms. The second-order valence-corrected chi connectivity index (χ2v) is 6.65. The van der Waals surface area contributed by atoms with Crippen LogP contribution in [0.15, 0.2) is 29.3 Å². The van der Waals surface area contributed by atoms with E-state index in [-0.39, 0.29) is 5.11 Å². The predicted octanol–water partition coefficient (Wildman–Crippen LogP) is 0.445. The molecule has 2 amide bonds. The molecule has 0 aromatic heterocycles. The zero-order valence-corrected chi connectivity index (χ0v) is 16.8. The molecule has 1 aromatic carbocycles. The average Bonchev–Trinajstić information content (AvgIpc) is 2.67. The number of thiocarbonyl (C=S) groups is 1. The molecule has 1 atom stereocenters. The van der Waals surface area contributed by atoms with Crippen LogP contribution in [-0.4, -0.2) is 56.4 Å². The molecule has 1 fully saturated rings. The number of carbonyl (C=O) groups excluding carboxylic acids is 2. The van der Waals surface area contributed by atoms with E-state index in [1.54, 1.807) is 31.4 Å². The Hall–Kier alpha value is -2.32. The van der Waals surface area contributed by atoms with E-state index in [0.717, 1.165) is 26.1 Å². The smallest absolute Gasteiger partial charge is 0.251 e. The highest BCUT2D eigenvalue weighted by atomic mass is 32.1. The first-order chi connectivity index (χ1) is 13.0. The number of rotatable bonds is 9. The lowest BCUT2D eigenvalue weighted by molar-refractivity contribution is -0.896. The molecule has 1 aliphatic heterocycles. The Morgan fingerprint density at radius 1 is 1.26 bits per heavy atom. The first kappa shape index (κ1) is 21.0. The van der Waals surface area contributed by atoms with Crippen molar-refractivity contribution in [3.05, 3.63) is 24.3 Å². The molecule has 1 unspecified atom stereocenters. The molecular weight excluding hydrogens is 364 g/mol. The summed E-state index contributed by atoms with van der Waals surface area (Å²) < 4.78 is 5.13. The molecule has 0 aliphatic carbocycles. The van der Waals surface area contributed by atoms with Gasteiger partial charge in [0, 0.05) is 19.2 Å². The topological polar surface area (TPSA) is 75.4 Å². The summed E-state index contributed by atoms with van der Waals surface area (Å²) in [5.41, 5.74) is 0.578. The van der Waals surface area contributed by atoms with Crippen LogP contribution < -0.4 is 19.9 Å². The summed E-state index contributed by atoms with van der Waals surface area (Å²) in [5.74, 6) is -1.13. The van der Waals surface area contributed by atoms with E-state index in [0.29, 0.717) is 18.0 Å². The number of ether oxygens (including phenoxy) is 1. The lowest BCUT2D eigenvalue weighted by Crippen LogP contribution is -3.11. The standard InChI is InChI=1S/C19H26N4O3S/c1-4-22(5-2)12-6-11-20-13-16-17(24)21-19(27)23(18(16)25)14-7-9-15(26-3)10-8-14/h7-10,13,16H,4-6,11-12H2,1-3H3,(H,21,24,27)/p+1. The second-order valence-electron chi connectivity index (χ2n) is 6.26. The average molecular weight is 392 g/mol. The van der Waals surface area contributed by atoms with Crippen LogP contribution in [0, 0.1) is 5.92 Å². The van der Waals surface area contributed by atoms with E-state index >= 15 is 0 Å². The number of hydrogen-bond donors (Lipinski definition) is 2. The maximum absolute atomic E-state index is 12.8. The Balaban J connectivity index is 2.03. The SMILES string of the molecule is CC[NH+](CC)CCCN=CC1C(=O)NC(=S)N(c2ccc(OC)cc2)C1=O. The molecular formula is C19H27N4O3S+. The van der Waals surface area contributed by atoms with E-state index in [4.69, 9.17) is 17.0 Å². The Labute approximate surface area is 165 Å². The number of benzene rings is 1. The van der Waals surface area contributed by atoms with Crippen LogP contribution in [0.4, 0.5) is 5.69 Å². The number of nitrogens with zero attached hydrogens (tertiary/aromatic N) is 2. The fraction of sp³-hybridized carbons (Fsp3) is 0.474. The van der Waals surface area contributed by atoms with Gasteiger partial charge < -0.3 is 15.0 Å². The van der Waals surface area contributed by atoms with Gasteiger partial charge in [-0.05, 0) is 50.3 Å². The van der Waals surface area contributed by atoms with E-state index in [2.05, 4.69) is 24.2 Å². The fourth-order valence-electron chi connectivity index (χ4n) is 2.90. The molecule has 0 bridgehead atoms. The number of nitrogens with one attached hydrogen (secondary N) is 2. The predicted molar refractivity (Wildman–Crippen MR) is 110 cm³/mol. The molecule has 0 radical (unpaired) electrons. The highest BCUT2D eigenvalue weighted by Crippen LogP contribution is 2.23. The maximum atomic E-state index is 12.8. The van der Waals surface area contributed by atoms with Gasteiger partial charge in [-0.2, -0.15) is 0 Å². The lowest BCUT2D eigenvalue weighted by Gasteiger charge is -2.31. The normalized spacial score (nSPS) is 17.7. The van der Waals surface area contributed by atoms with E-state index < -0.39 is 17.7 Å². The second kappa shape index (κ2) is 10.1. The minimum absolute atomic E-state index is 0.0740. The van der Waals surface area contributed by atoms with Gasteiger partial charge in [0.15, 0.2) is 11.0 Å². The summed E-state index contributed by atoms with van der Waals surface area (Å²) >= 11 is 5.18. The molecule has 8 heteroatoms. The highest BCUT2D eigenvalue weighted by molar-refractivity contribution is 7.80. The van der Waals surface area contributed by atoms with Crippen molar-refractivity contribution in [1.82, 2.24) is 5.32 Å². The van der Waals surface area contributed by atoms with Gasteiger partial charge in [0.2, 0.25) is 5.91 Å². The zero-order valence-electron chi connectivity index (χ0n) is 16.0. The van der Waals surface area contributed by atoms with Gasteiger partial charge in [-0.25, -0.2) is 0 Å². The van der Waals surface area contributed by atoms with Gasteiger partial charge in [-0.15, -0.1) is 0 Å². The number of methoxy groups -OCH3 is 1. The zero-order chi connectivity index (χ0) is 19.8. The van der Waals surface area contributed by atoms with Gasteiger partial charge in [-0.1, -0.05) is 0 Å². The first-order valence-electron chi connectivity index (χ1n) is 9.18. The summed E-state index contributed by atoms with van der Waals surface area (Å²) in [7, 11) is 1.57. The van der Waals surface area contributed by atoms with Gasteiger partial charge in [0.25, 0.3) is 5.91 Å². The summed E-state index contributed by atoms with van der Waals surface area (Å²) in [5, 5.41) is 2.66. The number of amides is 2. The van der Waals surface area contributed by atoms with Crippen LogP contribution in [0.3, 0.4) is 0 Å². The minimum atomic E-state index is -0.973. The van der Waals surface area contributed by atoms with Crippen molar-refractivity contribution in [3.8, 4) is 5.75 Å². The number of carbonyl (C=O) groups is 2. The Morgan fingerprint density at radius 3 is 2.52 bits per heavy atom. The van der Waals surface area contributed by atoms with E-state index in [1.165, 1.54) is 16.0 Å². The van der Waals surface area contributed by atoms with Crippen molar-refractivity contribution in [2.45, 2.75) is 20.3 Å². The van der Waals surface area contributed by atoms with Gasteiger partial charge in [0.05, 0.1) is 32.4 Å². The van der Waals surface area contributed by atoms with Gasteiger partial charge in [-0.3, -0.25) is 19.5 Å². The van der Waals surface area contributed by atoms with Gasteiger partial charge in [0.1, 0.15) is 5.75 Å². The summed E-state index contributed by atoms with van der Waals surface area (Å²) in [6.45, 7) is 8.09. The Bertz CT molecular complexity index is 701. The molecule has 2 N–H and O–H groups in total. The molecule has 2 rings (SSSR count). The number of hydrogen-bond acceptors (Lipinski definition) is 5. The summed E-state index contributed by atoms with van der Waals surface area (Å²) in [6.07, 6.45) is 2.35. The molecule has 1 aromatic rings. The molecule has 0 spiro atoms. The van der Waals surface area contributed by atoms with Crippen LogP contribution in [0.2, 0.25) is 0 Å². The number of quaternary nitrogens is 1. The quantitative estimate of drug-likeness (QED) is 0.277. The Kier molecular flexibility index (Phi) is 7.87. The van der Waals surface area contributed by atoms with Crippen molar-refractivity contribution in [1.29, 1.82) is 0 Å². The van der Waals surface area contributed by atoms with Gasteiger partial charge >= 0.3 is 0 Å². The molecule has 1 heterocycles. The third-order valence-electron chi connectivity index (χ3n) is 4.60. The lowest BCUT2D eigenvalue weighted by atomic mass is 10.1. The van der Waals surface area contributed by atoms with Crippen molar-refractivity contribution in [2.24, 2.45) is 10.9 Å². The van der Waals surface area contributed by atoms with Crippen molar-refractivity contribution in [3.63, 3.8) is 0 Å². The molecule has 146 valence electrons. The minimum Gasteiger partial charge on any atom is -0.497 e. The Morgan fingerprint density at radius 2 is 1.93 bits per heavy atom. The third-order valence-corrected chi connectivity index (χ3v) is 4.89.